The number of carbonyl (C=O) groups is 2. The number of Topliss-reactive ketones (excluding diaryl/α,β-unsaturated/α-hetero) is 1. The second-order valence-corrected chi connectivity index (χ2v) is 10.7. The summed E-state index contributed by atoms with van der Waals surface area (Å²) in [6, 6.07) is 9.14. The number of methoxy groups -OCH3 is 1. The van der Waals surface area contributed by atoms with Crippen LogP contribution in [0.5, 0.6) is 11.5 Å². The summed E-state index contributed by atoms with van der Waals surface area (Å²) in [6.07, 6.45) is 0.859. The molecule has 1 atom stereocenters. The third-order valence-electron chi connectivity index (χ3n) is 6.15. The second-order valence-electron chi connectivity index (χ2n) is 9.69. The van der Waals surface area contributed by atoms with E-state index in [-0.39, 0.29) is 22.2 Å². The molecule has 1 aromatic heterocycles. The molecule has 8 nitrogen and oxygen atoms in total. The van der Waals surface area contributed by atoms with E-state index in [9.17, 15) is 19.1 Å². The highest BCUT2D eigenvalue weighted by atomic mass is 32.1. The summed E-state index contributed by atoms with van der Waals surface area (Å²) >= 11 is 1.20. The van der Waals surface area contributed by atoms with Gasteiger partial charge in [0.2, 0.25) is 5.13 Å². The van der Waals surface area contributed by atoms with Crippen molar-refractivity contribution in [2.24, 2.45) is 5.92 Å². The molecule has 1 amide bonds. The Morgan fingerprint density at radius 3 is 2.39 bits per heavy atom. The van der Waals surface area contributed by atoms with Crippen molar-refractivity contribution in [2.75, 3.05) is 18.6 Å². The van der Waals surface area contributed by atoms with Crippen LogP contribution in [-0.4, -0.2) is 40.7 Å². The zero-order valence-electron chi connectivity index (χ0n) is 21.9. The lowest BCUT2D eigenvalue weighted by Crippen LogP contribution is -2.29. The molecule has 1 unspecified atom stereocenters. The average molecular weight is 540 g/mol. The van der Waals surface area contributed by atoms with E-state index in [1.54, 1.807) is 18.2 Å². The number of aliphatic hydroxyl groups is 1. The predicted octanol–water partition coefficient (Wildman–Crippen LogP) is 5.86. The molecule has 0 bridgehead atoms. The van der Waals surface area contributed by atoms with Crippen molar-refractivity contribution >= 4 is 33.9 Å². The summed E-state index contributed by atoms with van der Waals surface area (Å²) in [4.78, 5) is 27.9. The first-order chi connectivity index (χ1) is 18.1. The fourth-order valence-corrected chi connectivity index (χ4v) is 4.92. The zero-order chi connectivity index (χ0) is 27.6. The number of amides is 1. The molecule has 10 heteroatoms. The van der Waals surface area contributed by atoms with E-state index in [4.69, 9.17) is 9.47 Å². The van der Waals surface area contributed by atoms with Gasteiger partial charge in [-0.25, -0.2) is 4.39 Å². The lowest BCUT2D eigenvalue weighted by Gasteiger charge is -2.23. The molecule has 38 heavy (non-hydrogen) atoms. The molecular formula is C28H30FN3O5S. The first kappa shape index (κ1) is 27.3. The molecule has 0 radical (unpaired) electrons. The summed E-state index contributed by atoms with van der Waals surface area (Å²) < 4.78 is 25.0. The highest BCUT2D eigenvalue weighted by Gasteiger charge is 2.48. The summed E-state index contributed by atoms with van der Waals surface area (Å²) in [5, 5.41) is 20.5. The number of anilines is 1. The number of carbonyl (C=O) groups excluding carboxylic acids is 2. The molecule has 0 saturated carbocycles. The minimum atomic E-state index is -1.02. The van der Waals surface area contributed by atoms with Gasteiger partial charge in [0.25, 0.3) is 5.78 Å². The van der Waals surface area contributed by atoms with Gasteiger partial charge < -0.3 is 14.6 Å². The van der Waals surface area contributed by atoms with E-state index in [0.717, 1.165) is 6.42 Å². The highest BCUT2D eigenvalue weighted by Crippen LogP contribution is 2.45. The van der Waals surface area contributed by atoms with Crippen LogP contribution in [0.15, 0.2) is 48.0 Å². The van der Waals surface area contributed by atoms with E-state index in [1.165, 1.54) is 47.6 Å². The number of rotatable bonds is 9. The van der Waals surface area contributed by atoms with Crippen molar-refractivity contribution in [1.82, 2.24) is 10.2 Å². The first-order valence-corrected chi connectivity index (χ1v) is 13.1. The van der Waals surface area contributed by atoms with Gasteiger partial charge in [0.05, 0.1) is 25.3 Å². The fraction of sp³-hybridized carbons (Fsp3) is 0.357. The number of aliphatic hydroxyl groups excluding tert-OH is 1. The van der Waals surface area contributed by atoms with Gasteiger partial charge >= 0.3 is 5.91 Å². The van der Waals surface area contributed by atoms with E-state index in [1.807, 2.05) is 13.8 Å². The number of halogens is 1. The summed E-state index contributed by atoms with van der Waals surface area (Å²) in [6.45, 7) is 8.61. The molecule has 0 spiro atoms. The number of aromatic nitrogens is 2. The van der Waals surface area contributed by atoms with Crippen LogP contribution in [0.1, 0.15) is 62.2 Å². The molecule has 1 fully saturated rings. The summed E-state index contributed by atoms with van der Waals surface area (Å²) in [5.74, 6) is -1.17. The van der Waals surface area contributed by atoms with Crippen LogP contribution >= 0.6 is 11.3 Å². The molecule has 200 valence electrons. The quantitative estimate of drug-likeness (QED) is 0.206. The van der Waals surface area contributed by atoms with Crippen molar-refractivity contribution in [2.45, 2.75) is 46.1 Å². The van der Waals surface area contributed by atoms with Crippen LogP contribution in [0.4, 0.5) is 9.52 Å². The Kier molecular flexibility index (Phi) is 8.11. The fourth-order valence-electron chi connectivity index (χ4n) is 4.04. The largest absolute Gasteiger partial charge is 0.507 e. The number of hydrogen-bond acceptors (Lipinski definition) is 8. The molecule has 1 saturated heterocycles. The van der Waals surface area contributed by atoms with Crippen LogP contribution in [0, 0.1) is 11.7 Å². The van der Waals surface area contributed by atoms with E-state index in [2.05, 4.69) is 24.0 Å². The number of hydrogen-bond donors (Lipinski definition) is 1. The Bertz CT molecular complexity index is 1370. The topological polar surface area (TPSA) is 102 Å². The smallest absolute Gasteiger partial charge is 0.301 e. The molecule has 1 aliphatic heterocycles. The van der Waals surface area contributed by atoms with E-state index >= 15 is 0 Å². The van der Waals surface area contributed by atoms with Gasteiger partial charge in [-0.1, -0.05) is 45.1 Å². The predicted molar refractivity (Wildman–Crippen MR) is 143 cm³/mol. The number of nitrogens with zero attached hydrogens (tertiary/aromatic N) is 3. The van der Waals surface area contributed by atoms with Crippen LogP contribution in [0.3, 0.4) is 0 Å². The molecule has 2 aromatic carbocycles. The maximum atomic E-state index is 13.5. The maximum absolute atomic E-state index is 13.5. The monoisotopic (exact) mass is 539 g/mol. The summed E-state index contributed by atoms with van der Waals surface area (Å²) in [5.41, 5.74) is 0.566. The summed E-state index contributed by atoms with van der Waals surface area (Å²) in [7, 11) is 1.50. The molecule has 4 rings (SSSR count). The third kappa shape index (κ3) is 5.40. The Morgan fingerprint density at radius 1 is 1.08 bits per heavy atom. The number of ketones is 1. The Labute approximate surface area is 224 Å². The van der Waals surface area contributed by atoms with Crippen LogP contribution in [-0.2, 0) is 9.59 Å². The van der Waals surface area contributed by atoms with Crippen LogP contribution in [0.25, 0.3) is 5.76 Å². The molecule has 3 aromatic rings. The van der Waals surface area contributed by atoms with E-state index in [0.29, 0.717) is 34.6 Å². The van der Waals surface area contributed by atoms with Gasteiger partial charge in [-0.05, 0) is 54.3 Å². The van der Waals surface area contributed by atoms with Crippen molar-refractivity contribution in [3.8, 4) is 11.5 Å². The van der Waals surface area contributed by atoms with Crippen LogP contribution < -0.4 is 14.4 Å². The molecule has 2 heterocycles. The zero-order valence-corrected chi connectivity index (χ0v) is 22.7. The molecule has 1 aliphatic rings. The Hall–Kier alpha value is -3.79. The average Bonchev–Trinajstić information content (AvgIpc) is 3.47. The van der Waals surface area contributed by atoms with Crippen LogP contribution in [0.2, 0.25) is 0 Å². The van der Waals surface area contributed by atoms with Gasteiger partial charge in [0, 0.05) is 11.5 Å². The van der Waals surface area contributed by atoms with Gasteiger partial charge in [-0.3, -0.25) is 14.5 Å². The minimum Gasteiger partial charge on any atom is -0.507 e. The SMILES string of the molecule is COc1cc(C2/C(=C(\O)c3ccc(F)cc3)C(=O)C(=O)N2c2nnc(C(C)C)s2)ccc1OCCC(C)C. The molecule has 0 aliphatic carbocycles. The number of ether oxygens (including phenoxy) is 2. The van der Waals surface area contributed by atoms with Crippen molar-refractivity contribution in [1.29, 1.82) is 0 Å². The Morgan fingerprint density at radius 2 is 1.79 bits per heavy atom. The first-order valence-electron chi connectivity index (χ1n) is 12.3. The standard InChI is InChI=1S/C28H30FN3O5S/c1-15(2)12-13-37-20-11-8-18(14-21(20)36-5)23-22(24(33)17-6-9-19(29)10-7-17)25(34)27(35)32(23)28-31-30-26(38-28)16(3)4/h6-11,14-16,23,33H,12-13H2,1-5H3/b24-22+. The van der Waals surface area contributed by atoms with Gasteiger partial charge in [0.1, 0.15) is 16.6 Å². The lowest BCUT2D eigenvalue weighted by molar-refractivity contribution is -0.132. The third-order valence-corrected chi connectivity index (χ3v) is 7.37. The minimum absolute atomic E-state index is 0.0677. The Balaban J connectivity index is 1.85. The number of benzene rings is 2. The second kappa shape index (κ2) is 11.3. The van der Waals surface area contributed by atoms with Crippen molar-refractivity contribution in [3.05, 3.63) is 70.0 Å². The maximum Gasteiger partial charge on any atom is 0.301 e. The molecule has 1 N–H and O–H groups in total. The molecular weight excluding hydrogens is 509 g/mol. The lowest BCUT2D eigenvalue weighted by atomic mass is 9.95. The van der Waals surface area contributed by atoms with Gasteiger partial charge in [-0.15, -0.1) is 10.2 Å². The normalized spacial score (nSPS) is 17.1. The van der Waals surface area contributed by atoms with Crippen molar-refractivity contribution < 1.29 is 28.6 Å². The van der Waals surface area contributed by atoms with Crippen molar-refractivity contribution in [3.63, 3.8) is 0 Å². The van der Waals surface area contributed by atoms with Gasteiger partial charge in [-0.2, -0.15) is 0 Å². The van der Waals surface area contributed by atoms with E-state index < -0.39 is 29.3 Å². The highest BCUT2D eigenvalue weighted by molar-refractivity contribution is 7.15. The van der Waals surface area contributed by atoms with Gasteiger partial charge in [0.15, 0.2) is 11.5 Å².